The van der Waals surface area contributed by atoms with Crippen molar-refractivity contribution in [3.63, 3.8) is 0 Å². The fourth-order valence-electron chi connectivity index (χ4n) is 4.94. The van der Waals surface area contributed by atoms with E-state index in [1.165, 1.54) is 0 Å². The van der Waals surface area contributed by atoms with Gasteiger partial charge < -0.3 is 14.7 Å². The molecule has 1 aromatic heterocycles. The first-order chi connectivity index (χ1) is 17.5. The number of nitrogens with one attached hydrogen (secondary N) is 1. The number of phenols is 1. The van der Waals surface area contributed by atoms with E-state index in [0.29, 0.717) is 30.1 Å². The van der Waals surface area contributed by atoms with Crippen LogP contribution in [-0.4, -0.2) is 32.7 Å². The molecule has 1 unspecified atom stereocenters. The molecule has 0 spiro atoms. The molecule has 184 valence electrons. The van der Waals surface area contributed by atoms with E-state index in [1.54, 1.807) is 0 Å². The monoisotopic (exact) mass is 481 g/mol. The highest BCUT2D eigenvalue weighted by molar-refractivity contribution is 6.00. The van der Waals surface area contributed by atoms with Crippen LogP contribution in [0, 0.1) is 13.8 Å². The van der Waals surface area contributed by atoms with Gasteiger partial charge in [0, 0.05) is 17.7 Å². The molecule has 1 atom stereocenters. The Bertz CT molecular complexity index is 1390. The lowest BCUT2D eigenvalue weighted by atomic mass is 9.94. The van der Waals surface area contributed by atoms with Gasteiger partial charge in [0.05, 0.1) is 12.6 Å². The zero-order valence-electron chi connectivity index (χ0n) is 20.9. The summed E-state index contributed by atoms with van der Waals surface area (Å²) in [5.41, 5.74) is 6.24. The second kappa shape index (κ2) is 9.90. The summed E-state index contributed by atoms with van der Waals surface area (Å²) in [7, 11) is 0. The Morgan fingerprint density at radius 3 is 2.64 bits per heavy atom. The highest BCUT2D eigenvalue weighted by atomic mass is 16.5. The number of unbranched alkanes of at least 4 members (excludes halogenated alkanes) is 1. The second-order valence-electron chi connectivity index (χ2n) is 9.43. The smallest absolute Gasteiger partial charge is 0.273 e. The molecule has 6 nitrogen and oxygen atoms in total. The number of amides is 1. The first-order valence-electron chi connectivity index (χ1n) is 12.4. The van der Waals surface area contributed by atoms with Gasteiger partial charge in [-0.3, -0.25) is 9.89 Å². The number of H-pyrrole nitrogens is 1. The summed E-state index contributed by atoms with van der Waals surface area (Å²) in [6, 6.07) is 21.4. The molecule has 6 heteroatoms. The van der Waals surface area contributed by atoms with Crippen molar-refractivity contribution < 1.29 is 14.6 Å². The molecule has 2 heterocycles. The Labute approximate surface area is 211 Å². The van der Waals surface area contributed by atoms with Crippen molar-refractivity contribution in [3.05, 3.63) is 100 Å². The second-order valence-corrected chi connectivity index (χ2v) is 9.43. The predicted molar refractivity (Wildman–Crippen MR) is 140 cm³/mol. The van der Waals surface area contributed by atoms with Gasteiger partial charge in [-0.25, -0.2) is 0 Å². The predicted octanol–water partition coefficient (Wildman–Crippen LogP) is 6.32. The van der Waals surface area contributed by atoms with Crippen LogP contribution in [0.5, 0.6) is 11.5 Å². The fraction of sp³-hybridized carbons (Fsp3) is 0.267. The summed E-state index contributed by atoms with van der Waals surface area (Å²) in [5.74, 6) is 0.846. The SMILES string of the molecule is CCCCOc1cccc(C2c3c(-c4cc(C)cc(C)c4O)n[nH]c3C(=O)N2Cc2ccccc2)c1. The molecule has 3 aromatic carbocycles. The van der Waals surface area contributed by atoms with Gasteiger partial charge in [0.2, 0.25) is 0 Å². The quantitative estimate of drug-likeness (QED) is 0.289. The molecule has 0 aliphatic carbocycles. The van der Waals surface area contributed by atoms with Gasteiger partial charge in [-0.1, -0.05) is 61.9 Å². The number of rotatable bonds is 8. The molecule has 4 aromatic rings. The van der Waals surface area contributed by atoms with Crippen molar-refractivity contribution in [2.45, 2.75) is 46.2 Å². The van der Waals surface area contributed by atoms with E-state index in [4.69, 9.17) is 4.74 Å². The number of hydrogen-bond acceptors (Lipinski definition) is 4. The Hall–Kier alpha value is -4.06. The van der Waals surface area contributed by atoms with Crippen molar-refractivity contribution in [1.29, 1.82) is 0 Å². The fourth-order valence-corrected chi connectivity index (χ4v) is 4.94. The molecule has 36 heavy (non-hydrogen) atoms. The van der Waals surface area contributed by atoms with Gasteiger partial charge in [-0.2, -0.15) is 5.10 Å². The summed E-state index contributed by atoms with van der Waals surface area (Å²) in [6.07, 6.45) is 2.04. The third kappa shape index (κ3) is 4.35. The normalized spacial score (nSPS) is 14.8. The maximum absolute atomic E-state index is 13.7. The first kappa shape index (κ1) is 23.7. The molecule has 0 fully saturated rings. The minimum atomic E-state index is -0.378. The van der Waals surface area contributed by atoms with E-state index in [1.807, 2.05) is 85.5 Å². The van der Waals surface area contributed by atoms with Gasteiger partial charge in [0.25, 0.3) is 5.91 Å². The highest BCUT2D eigenvalue weighted by Gasteiger charge is 2.42. The average Bonchev–Trinajstić information content (AvgIpc) is 3.41. The highest BCUT2D eigenvalue weighted by Crippen LogP contribution is 2.46. The third-order valence-corrected chi connectivity index (χ3v) is 6.70. The van der Waals surface area contributed by atoms with Crippen LogP contribution in [0.2, 0.25) is 0 Å². The van der Waals surface area contributed by atoms with Crippen molar-refractivity contribution in [1.82, 2.24) is 15.1 Å². The van der Waals surface area contributed by atoms with Crippen LogP contribution in [-0.2, 0) is 6.54 Å². The van der Waals surface area contributed by atoms with E-state index in [9.17, 15) is 9.90 Å². The number of carbonyl (C=O) groups excluding carboxylic acids is 1. The van der Waals surface area contributed by atoms with Gasteiger partial charge >= 0.3 is 0 Å². The van der Waals surface area contributed by atoms with Crippen molar-refractivity contribution >= 4 is 5.91 Å². The Kier molecular flexibility index (Phi) is 6.51. The molecule has 1 amide bonds. The van der Waals surface area contributed by atoms with E-state index in [2.05, 4.69) is 17.1 Å². The number of aromatic hydroxyl groups is 1. The van der Waals surface area contributed by atoms with Crippen molar-refractivity contribution in [2.24, 2.45) is 0 Å². The summed E-state index contributed by atoms with van der Waals surface area (Å²) < 4.78 is 6.00. The number of ether oxygens (including phenoxy) is 1. The number of phenolic OH excluding ortho intramolecular Hbond substituents is 1. The summed E-state index contributed by atoms with van der Waals surface area (Å²) in [5, 5.41) is 18.5. The Morgan fingerprint density at radius 2 is 1.86 bits per heavy atom. The zero-order valence-corrected chi connectivity index (χ0v) is 20.9. The first-order valence-corrected chi connectivity index (χ1v) is 12.4. The number of nitrogens with zero attached hydrogens (tertiary/aromatic N) is 2. The minimum absolute atomic E-state index is 0.112. The summed E-state index contributed by atoms with van der Waals surface area (Å²) >= 11 is 0. The zero-order chi connectivity index (χ0) is 25.2. The topological polar surface area (TPSA) is 78.5 Å². The van der Waals surface area contributed by atoms with E-state index in [0.717, 1.165) is 46.4 Å². The van der Waals surface area contributed by atoms with Crippen molar-refractivity contribution in [3.8, 4) is 22.8 Å². The molecular formula is C30H31N3O3. The van der Waals surface area contributed by atoms with Crippen LogP contribution < -0.4 is 4.74 Å². The van der Waals surface area contributed by atoms with E-state index >= 15 is 0 Å². The van der Waals surface area contributed by atoms with Crippen LogP contribution in [0.15, 0.2) is 66.7 Å². The summed E-state index contributed by atoms with van der Waals surface area (Å²) in [6.45, 7) is 7.10. The average molecular weight is 482 g/mol. The maximum atomic E-state index is 13.7. The Morgan fingerprint density at radius 1 is 1.06 bits per heavy atom. The minimum Gasteiger partial charge on any atom is -0.507 e. The number of carbonyl (C=O) groups is 1. The van der Waals surface area contributed by atoms with Crippen LogP contribution in [0.4, 0.5) is 0 Å². The lowest BCUT2D eigenvalue weighted by molar-refractivity contribution is 0.0730. The van der Waals surface area contributed by atoms with Crippen LogP contribution in [0.25, 0.3) is 11.3 Å². The maximum Gasteiger partial charge on any atom is 0.273 e. The third-order valence-electron chi connectivity index (χ3n) is 6.70. The molecule has 2 N–H and O–H groups in total. The largest absolute Gasteiger partial charge is 0.507 e. The van der Waals surface area contributed by atoms with Crippen molar-refractivity contribution in [2.75, 3.05) is 6.61 Å². The van der Waals surface area contributed by atoms with Gasteiger partial charge in [-0.05, 0) is 60.7 Å². The van der Waals surface area contributed by atoms with Crippen LogP contribution in [0.1, 0.15) is 64.1 Å². The molecular weight excluding hydrogens is 450 g/mol. The van der Waals surface area contributed by atoms with Gasteiger partial charge in [-0.15, -0.1) is 0 Å². The molecule has 1 aliphatic heterocycles. The molecule has 0 saturated carbocycles. The van der Waals surface area contributed by atoms with Gasteiger partial charge in [0.1, 0.15) is 22.9 Å². The number of aromatic nitrogens is 2. The number of hydrogen-bond donors (Lipinski definition) is 2. The Balaban J connectivity index is 1.64. The molecule has 5 rings (SSSR count). The molecule has 1 aliphatic rings. The lowest BCUT2D eigenvalue weighted by Gasteiger charge is -2.27. The number of aryl methyl sites for hydroxylation is 2. The van der Waals surface area contributed by atoms with Crippen LogP contribution >= 0.6 is 0 Å². The standard InChI is InChI=1S/C30H31N3O3/c1-4-5-14-36-23-13-9-12-22(17-23)28-25-26(24-16-19(2)15-20(3)29(24)34)31-32-27(25)30(35)33(28)18-21-10-7-6-8-11-21/h6-13,15-17,28,34H,4-5,14,18H2,1-3H3,(H,31,32). The van der Waals surface area contributed by atoms with Crippen LogP contribution in [0.3, 0.4) is 0 Å². The van der Waals surface area contributed by atoms with Gasteiger partial charge in [0.15, 0.2) is 0 Å². The summed E-state index contributed by atoms with van der Waals surface area (Å²) in [4.78, 5) is 15.6. The lowest BCUT2D eigenvalue weighted by Crippen LogP contribution is -2.29. The molecule has 0 radical (unpaired) electrons. The molecule has 0 saturated heterocycles. The number of aromatic amines is 1. The van der Waals surface area contributed by atoms with E-state index < -0.39 is 0 Å². The molecule has 0 bridgehead atoms. The van der Waals surface area contributed by atoms with E-state index in [-0.39, 0.29) is 17.7 Å². The number of fused-ring (bicyclic) bond motifs is 1. The number of benzene rings is 3.